The zero-order chi connectivity index (χ0) is 15.2. The van der Waals surface area contributed by atoms with Gasteiger partial charge in [0.05, 0.1) is 5.56 Å². The molecule has 2 aromatic rings. The molecule has 0 unspecified atom stereocenters. The molecule has 0 saturated carbocycles. The van der Waals surface area contributed by atoms with Crippen LogP contribution in [0, 0.1) is 0 Å². The number of rotatable bonds is 5. The van der Waals surface area contributed by atoms with Crippen LogP contribution >= 0.6 is 11.8 Å². The highest BCUT2D eigenvalue weighted by Crippen LogP contribution is 2.22. The first-order valence-electron chi connectivity index (χ1n) is 6.93. The van der Waals surface area contributed by atoms with Crippen molar-refractivity contribution in [2.75, 3.05) is 18.5 Å². The maximum Gasteiger partial charge on any atom is 0.255 e. The third kappa shape index (κ3) is 3.58. The van der Waals surface area contributed by atoms with Crippen LogP contribution in [0.5, 0.6) is 0 Å². The maximum atomic E-state index is 12.7. The first-order valence-corrected chi connectivity index (χ1v) is 8.15. The third-order valence-corrected chi connectivity index (χ3v) is 4.22. The molecular formula is C17H20N2OS. The smallest absolute Gasteiger partial charge is 0.255 e. The third-order valence-electron chi connectivity index (χ3n) is 3.42. The zero-order valence-corrected chi connectivity index (χ0v) is 13.2. The lowest BCUT2D eigenvalue weighted by atomic mass is 10.1. The molecule has 110 valence electrons. The number of anilines is 1. The van der Waals surface area contributed by atoms with Gasteiger partial charge in [0.25, 0.3) is 5.91 Å². The number of carbonyl (C=O) groups is 1. The van der Waals surface area contributed by atoms with E-state index in [0.717, 1.165) is 21.7 Å². The standard InChI is InChI=1S/C17H20N2OS/c1-3-19(12-13-8-4-6-10-15(13)18)17(20)14-9-5-7-11-16(14)21-2/h4-11H,3,12,18H2,1-2H3. The minimum absolute atomic E-state index is 0.0469. The largest absolute Gasteiger partial charge is 0.398 e. The van der Waals surface area contributed by atoms with Gasteiger partial charge in [-0.05, 0) is 36.9 Å². The lowest BCUT2D eigenvalue weighted by Gasteiger charge is -2.23. The van der Waals surface area contributed by atoms with Gasteiger partial charge in [0.1, 0.15) is 0 Å². The predicted molar refractivity (Wildman–Crippen MR) is 89.5 cm³/mol. The van der Waals surface area contributed by atoms with E-state index in [2.05, 4.69) is 0 Å². The van der Waals surface area contributed by atoms with E-state index in [0.29, 0.717) is 13.1 Å². The second-order valence-electron chi connectivity index (χ2n) is 4.72. The molecule has 2 aromatic carbocycles. The number of nitrogens with zero attached hydrogens (tertiary/aromatic N) is 1. The highest BCUT2D eigenvalue weighted by Gasteiger charge is 2.18. The van der Waals surface area contributed by atoms with E-state index >= 15 is 0 Å². The van der Waals surface area contributed by atoms with Gasteiger partial charge in [-0.2, -0.15) is 0 Å². The summed E-state index contributed by atoms with van der Waals surface area (Å²) in [6.45, 7) is 3.17. The molecule has 4 heteroatoms. The van der Waals surface area contributed by atoms with Gasteiger partial charge in [-0.1, -0.05) is 30.3 Å². The van der Waals surface area contributed by atoms with Crippen LogP contribution in [0.3, 0.4) is 0 Å². The molecule has 0 aliphatic heterocycles. The fraction of sp³-hybridized carbons (Fsp3) is 0.235. The van der Waals surface area contributed by atoms with Gasteiger partial charge in [0.2, 0.25) is 0 Å². The van der Waals surface area contributed by atoms with E-state index in [4.69, 9.17) is 5.73 Å². The number of para-hydroxylation sites is 1. The second kappa shape index (κ2) is 7.18. The first-order chi connectivity index (χ1) is 10.2. The van der Waals surface area contributed by atoms with Crippen LogP contribution in [-0.2, 0) is 6.54 Å². The minimum atomic E-state index is 0.0469. The second-order valence-corrected chi connectivity index (χ2v) is 5.57. The Balaban J connectivity index is 2.25. The number of nitrogen functional groups attached to an aromatic ring is 1. The van der Waals surface area contributed by atoms with Crippen molar-refractivity contribution < 1.29 is 4.79 Å². The Hall–Kier alpha value is -1.94. The highest BCUT2D eigenvalue weighted by molar-refractivity contribution is 7.98. The molecule has 21 heavy (non-hydrogen) atoms. The Morgan fingerprint density at radius 2 is 1.81 bits per heavy atom. The molecule has 0 aromatic heterocycles. The molecule has 0 bridgehead atoms. The van der Waals surface area contributed by atoms with E-state index in [9.17, 15) is 4.79 Å². The molecule has 0 aliphatic carbocycles. The summed E-state index contributed by atoms with van der Waals surface area (Å²) in [6.07, 6.45) is 1.98. The fourth-order valence-corrected chi connectivity index (χ4v) is 2.79. The van der Waals surface area contributed by atoms with Gasteiger partial charge in [-0.15, -0.1) is 11.8 Å². The van der Waals surface area contributed by atoms with Crippen LogP contribution in [0.1, 0.15) is 22.8 Å². The highest BCUT2D eigenvalue weighted by atomic mass is 32.2. The quantitative estimate of drug-likeness (QED) is 0.677. The van der Waals surface area contributed by atoms with Gasteiger partial charge in [-0.3, -0.25) is 4.79 Å². The molecule has 0 radical (unpaired) electrons. The zero-order valence-electron chi connectivity index (χ0n) is 12.4. The summed E-state index contributed by atoms with van der Waals surface area (Å²) < 4.78 is 0. The monoisotopic (exact) mass is 300 g/mol. The van der Waals surface area contributed by atoms with Gasteiger partial charge < -0.3 is 10.6 Å². The van der Waals surface area contributed by atoms with Gasteiger partial charge in [0.15, 0.2) is 0 Å². The molecule has 0 fully saturated rings. The SMILES string of the molecule is CCN(Cc1ccccc1N)C(=O)c1ccccc1SC. The van der Waals surface area contributed by atoms with Crippen molar-refractivity contribution >= 4 is 23.4 Å². The summed E-state index contributed by atoms with van der Waals surface area (Å²) in [5.41, 5.74) is 8.43. The summed E-state index contributed by atoms with van der Waals surface area (Å²) in [5.74, 6) is 0.0469. The molecule has 1 amide bonds. The number of benzene rings is 2. The van der Waals surface area contributed by atoms with Crippen molar-refractivity contribution in [2.45, 2.75) is 18.4 Å². The normalized spacial score (nSPS) is 10.4. The number of nitrogens with two attached hydrogens (primary N) is 1. The van der Waals surface area contributed by atoms with Crippen LogP contribution in [0.15, 0.2) is 53.4 Å². The summed E-state index contributed by atoms with van der Waals surface area (Å²) >= 11 is 1.59. The van der Waals surface area contributed by atoms with Crippen molar-refractivity contribution in [1.29, 1.82) is 0 Å². The van der Waals surface area contributed by atoms with Crippen LogP contribution < -0.4 is 5.73 Å². The molecule has 0 spiro atoms. The van der Waals surface area contributed by atoms with Crippen molar-refractivity contribution in [3.05, 3.63) is 59.7 Å². The average molecular weight is 300 g/mol. The Morgan fingerprint density at radius 3 is 2.48 bits per heavy atom. The van der Waals surface area contributed by atoms with Crippen LogP contribution in [0.4, 0.5) is 5.69 Å². The fourth-order valence-electron chi connectivity index (χ4n) is 2.20. The first kappa shape index (κ1) is 15.4. The number of hydrogen-bond acceptors (Lipinski definition) is 3. The Morgan fingerprint density at radius 1 is 1.14 bits per heavy atom. The maximum absolute atomic E-state index is 12.7. The van der Waals surface area contributed by atoms with Gasteiger partial charge in [0, 0.05) is 23.7 Å². The number of thioether (sulfide) groups is 1. The van der Waals surface area contributed by atoms with Crippen LogP contribution in [0.25, 0.3) is 0 Å². The van der Waals surface area contributed by atoms with Gasteiger partial charge in [-0.25, -0.2) is 0 Å². The predicted octanol–water partition coefficient (Wildman–Crippen LogP) is 3.65. The lowest BCUT2D eigenvalue weighted by molar-refractivity contribution is 0.0749. The molecule has 0 aliphatic rings. The topological polar surface area (TPSA) is 46.3 Å². The number of amides is 1. The van der Waals surface area contributed by atoms with Crippen molar-refractivity contribution in [1.82, 2.24) is 4.90 Å². The van der Waals surface area contributed by atoms with Crippen molar-refractivity contribution in [3.8, 4) is 0 Å². The van der Waals surface area contributed by atoms with Crippen molar-refractivity contribution in [3.63, 3.8) is 0 Å². The van der Waals surface area contributed by atoms with Gasteiger partial charge >= 0.3 is 0 Å². The summed E-state index contributed by atoms with van der Waals surface area (Å²) in [6, 6.07) is 15.4. The van der Waals surface area contributed by atoms with E-state index in [1.165, 1.54) is 0 Å². The Bertz CT molecular complexity index is 628. The Kier molecular flexibility index (Phi) is 5.28. The van der Waals surface area contributed by atoms with E-state index in [-0.39, 0.29) is 5.91 Å². The molecule has 0 heterocycles. The summed E-state index contributed by atoms with van der Waals surface area (Å²) in [5, 5.41) is 0. The van der Waals surface area contributed by atoms with E-state index in [1.54, 1.807) is 11.8 Å². The summed E-state index contributed by atoms with van der Waals surface area (Å²) in [7, 11) is 0. The lowest BCUT2D eigenvalue weighted by Crippen LogP contribution is -2.31. The summed E-state index contributed by atoms with van der Waals surface area (Å²) in [4.78, 5) is 15.6. The minimum Gasteiger partial charge on any atom is -0.398 e. The van der Waals surface area contributed by atoms with Crippen LogP contribution in [-0.4, -0.2) is 23.6 Å². The molecular weight excluding hydrogens is 280 g/mol. The van der Waals surface area contributed by atoms with Crippen molar-refractivity contribution in [2.24, 2.45) is 0 Å². The molecule has 3 nitrogen and oxygen atoms in total. The van der Waals surface area contributed by atoms with Crippen LogP contribution in [0.2, 0.25) is 0 Å². The Labute approximate surface area is 130 Å². The van der Waals surface area contributed by atoms with E-state index in [1.807, 2.05) is 66.6 Å². The molecule has 0 atom stereocenters. The van der Waals surface area contributed by atoms with E-state index < -0.39 is 0 Å². The molecule has 2 N–H and O–H groups in total. The number of hydrogen-bond donors (Lipinski definition) is 1. The molecule has 0 saturated heterocycles. The number of carbonyl (C=O) groups excluding carboxylic acids is 1. The molecule has 2 rings (SSSR count). The average Bonchev–Trinajstić information content (AvgIpc) is 2.53.